The Morgan fingerprint density at radius 1 is 0.857 bits per heavy atom. The van der Waals surface area contributed by atoms with Crippen LogP contribution in [0.2, 0.25) is 0 Å². The normalized spacial score (nSPS) is 18.4. The second kappa shape index (κ2) is 8.65. The third-order valence-electron chi connectivity index (χ3n) is 5.76. The fourth-order valence-electron chi connectivity index (χ4n) is 4.00. The highest BCUT2D eigenvalue weighted by Gasteiger charge is 2.22. The minimum Gasteiger partial charge on any atom is -0.495 e. The number of anilines is 3. The van der Waals surface area contributed by atoms with Gasteiger partial charge in [-0.2, -0.15) is 4.98 Å². The molecule has 1 aromatic carbocycles. The quantitative estimate of drug-likeness (QED) is 0.783. The van der Waals surface area contributed by atoms with Crippen LogP contribution in [0.1, 0.15) is 6.92 Å². The summed E-state index contributed by atoms with van der Waals surface area (Å²) in [5, 5.41) is 0. The van der Waals surface area contributed by atoms with E-state index in [-0.39, 0.29) is 0 Å². The minimum absolute atomic E-state index is 0.861. The van der Waals surface area contributed by atoms with Crippen molar-refractivity contribution in [3.63, 3.8) is 0 Å². The van der Waals surface area contributed by atoms with E-state index in [9.17, 15) is 0 Å². The third-order valence-corrected chi connectivity index (χ3v) is 5.76. The molecule has 2 aliphatic heterocycles. The van der Waals surface area contributed by atoms with Gasteiger partial charge in [-0.1, -0.05) is 19.1 Å². The van der Waals surface area contributed by atoms with Gasteiger partial charge in [-0.25, -0.2) is 4.98 Å². The molecular formula is C21H30N6O. The van der Waals surface area contributed by atoms with E-state index in [2.05, 4.69) is 43.6 Å². The summed E-state index contributed by atoms with van der Waals surface area (Å²) in [4.78, 5) is 18.9. The second-order valence-electron chi connectivity index (χ2n) is 7.28. The third kappa shape index (κ3) is 3.99. The number of ether oxygens (including phenoxy) is 1. The summed E-state index contributed by atoms with van der Waals surface area (Å²) in [5.74, 6) is 2.83. The number of piperazine rings is 2. The predicted molar refractivity (Wildman–Crippen MR) is 114 cm³/mol. The Labute approximate surface area is 167 Å². The first kappa shape index (κ1) is 18.8. The van der Waals surface area contributed by atoms with Crippen molar-refractivity contribution in [1.29, 1.82) is 0 Å². The average Bonchev–Trinajstić information content (AvgIpc) is 2.79. The molecule has 0 amide bonds. The lowest BCUT2D eigenvalue weighted by Crippen LogP contribution is -2.48. The molecule has 7 nitrogen and oxygen atoms in total. The van der Waals surface area contributed by atoms with Crippen LogP contribution < -0.4 is 19.4 Å². The van der Waals surface area contributed by atoms with Gasteiger partial charge in [0.05, 0.1) is 12.8 Å². The molecule has 28 heavy (non-hydrogen) atoms. The number of benzene rings is 1. The summed E-state index contributed by atoms with van der Waals surface area (Å²) in [6.07, 6.45) is 1.90. The van der Waals surface area contributed by atoms with Crippen LogP contribution in [0.4, 0.5) is 17.5 Å². The van der Waals surface area contributed by atoms with Gasteiger partial charge in [0.15, 0.2) is 0 Å². The number of hydrogen-bond acceptors (Lipinski definition) is 7. The zero-order valence-electron chi connectivity index (χ0n) is 16.9. The van der Waals surface area contributed by atoms with E-state index in [0.717, 1.165) is 76.4 Å². The lowest BCUT2D eigenvalue weighted by atomic mass is 10.2. The number of methoxy groups -OCH3 is 1. The molecule has 0 unspecified atom stereocenters. The van der Waals surface area contributed by atoms with E-state index >= 15 is 0 Å². The average molecular weight is 383 g/mol. The highest BCUT2D eigenvalue weighted by molar-refractivity contribution is 5.59. The van der Waals surface area contributed by atoms with Gasteiger partial charge in [0.25, 0.3) is 0 Å². The Balaban J connectivity index is 1.40. The summed E-state index contributed by atoms with van der Waals surface area (Å²) in [7, 11) is 1.73. The number of para-hydroxylation sites is 2. The van der Waals surface area contributed by atoms with Gasteiger partial charge in [-0.3, -0.25) is 0 Å². The van der Waals surface area contributed by atoms with Crippen molar-refractivity contribution >= 4 is 17.5 Å². The molecule has 0 atom stereocenters. The smallest absolute Gasteiger partial charge is 0.227 e. The van der Waals surface area contributed by atoms with Crippen LogP contribution in [0.15, 0.2) is 36.5 Å². The Morgan fingerprint density at radius 3 is 2.25 bits per heavy atom. The van der Waals surface area contributed by atoms with Crippen molar-refractivity contribution in [3.05, 3.63) is 36.5 Å². The van der Waals surface area contributed by atoms with Crippen molar-refractivity contribution in [2.45, 2.75) is 6.92 Å². The second-order valence-corrected chi connectivity index (χ2v) is 7.28. The van der Waals surface area contributed by atoms with Crippen molar-refractivity contribution in [1.82, 2.24) is 14.9 Å². The van der Waals surface area contributed by atoms with Gasteiger partial charge >= 0.3 is 0 Å². The van der Waals surface area contributed by atoms with Gasteiger partial charge < -0.3 is 24.3 Å². The van der Waals surface area contributed by atoms with Crippen molar-refractivity contribution in [2.24, 2.45) is 0 Å². The fraction of sp³-hybridized carbons (Fsp3) is 0.524. The lowest BCUT2D eigenvalue weighted by molar-refractivity contribution is 0.270. The van der Waals surface area contributed by atoms with E-state index in [0.29, 0.717) is 0 Å². The highest BCUT2D eigenvalue weighted by atomic mass is 16.5. The molecule has 0 N–H and O–H groups in total. The highest BCUT2D eigenvalue weighted by Crippen LogP contribution is 2.29. The summed E-state index contributed by atoms with van der Waals surface area (Å²) < 4.78 is 5.52. The van der Waals surface area contributed by atoms with Gasteiger partial charge in [0.1, 0.15) is 11.6 Å². The summed E-state index contributed by atoms with van der Waals surface area (Å²) in [6.45, 7) is 11.3. The lowest BCUT2D eigenvalue weighted by Gasteiger charge is -2.38. The van der Waals surface area contributed by atoms with Crippen LogP contribution in [-0.4, -0.2) is 80.9 Å². The zero-order chi connectivity index (χ0) is 19.3. The van der Waals surface area contributed by atoms with Crippen LogP contribution in [-0.2, 0) is 0 Å². The Bertz CT molecular complexity index is 769. The molecule has 0 aliphatic carbocycles. The van der Waals surface area contributed by atoms with Crippen LogP contribution >= 0.6 is 0 Å². The van der Waals surface area contributed by atoms with E-state index in [4.69, 9.17) is 9.72 Å². The van der Waals surface area contributed by atoms with E-state index in [1.165, 1.54) is 5.69 Å². The summed E-state index contributed by atoms with van der Waals surface area (Å²) in [5.41, 5.74) is 1.17. The van der Waals surface area contributed by atoms with Crippen LogP contribution in [0, 0.1) is 0 Å². The Kier molecular flexibility index (Phi) is 5.81. The maximum Gasteiger partial charge on any atom is 0.227 e. The first-order chi connectivity index (χ1) is 13.8. The maximum absolute atomic E-state index is 5.52. The topological polar surface area (TPSA) is 48.0 Å². The number of hydrogen-bond donors (Lipinski definition) is 0. The fourth-order valence-corrected chi connectivity index (χ4v) is 4.00. The molecule has 3 heterocycles. The molecule has 2 aromatic rings. The van der Waals surface area contributed by atoms with E-state index in [1.807, 2.05) is 24.4 Å². The molecule has 1 aromatic heterocycles. The van der Waals surface area contributed by atoms with Crippen LogP contribution in [0.5, 0.6) is 5.75 Å². The summed E-state index contributed by atoms with van der Waals surface area (Å²) in [6, 6.07) is 10.3. The number of aromatic nitrogens is 2. The largest absolute Gasteiger partial charge is 0.495 e. The molecule has 4 rings (SSSR count). The van der Waals surface area contributed by atoms with Crippen molar-refractivity contribution in [2.75, 3.05) is 80.7 Å². The molecule has 2 fully saturated rings. The van der Waals surface area contributed by atoms with Crippen molar-refractivity contribution in [3.8, 4) is 5.75 Å². The van der Waals surface area contributed by atoms with Gasteiger partial charge in [-0.05, 0) is 24.7 Å². The predicted octanol–water partition coefficient (Wildman–Crippen LogP) is 1.95. The molecule has 0 radical (unpaired) electrons. The minimum atomic E-state index is 0.861. The van der Waals surface area contributed by atoms with Gasteiger partial charge in [0.2, 0.25) is 5.95 Å². The Hall–Kier alpha value is -2.54. The molecule has 0 bridgehead atoms. The first-order valence-corrected chi connectivity index (χ1v) is 10.2. The summed E-state index contributed by atoms with van der Waals surface area (Å²) >= 11 is 0. The molecular weight excluding hydrogens is 352 g/mol. The first-order valence-electron chi connectivity index (χ1n) is 10.2. The monoisotopic (exact) mass is 382 g/mol. The molecule has 7 heteroatoms. The van der Waals surface area contributed by atoms with Crippen LogP contribution in [0.3, 0.4) is 0 Å². The molecule has 0 saturated carbocycles. The van der Waals surface area contributed by atoms with Gasteiger partial charge in [0, 0.05) is 58.6 Å². The van der Waals surface area contributed by atoms with E-state index < -0.39 is 0 Å². The SMILES string of the molecule is CCN1CCN(c2nccc(N3CCN(c4ccccc4OC)CC3)n2)CC1. The number of likely N-dealkylation sites (N-methyl/N-ethyl adjacent to an activating group) is 1. The number of nitrogens with zero attached hydrogens (tertiary/aromatic N) is 6. The number of rotatable bonds is 5. The van der Waals surface area contributed by atoms with Crippen molar-refractivity contribution < 1.29 is 4.74 Å². The Morgan fingerprint density at radius 2 is 1.54 bits per heavy atom. The zero-order valence-corrected chi connectivity index (χ0v) is 16.9. The van der Waals surface area contributed by atoms with E-state index in [1.54, 1.807) is 7.11 Å². The molecule has 150 valence electrons. The van der Waals surface area contributed by atoms with Crippen LogP contribution in [0.25, 0.3) is 0 Å². The molecule has 2 aliphatic rings. The standard InChI is InChI=1S/C21H30N6O/c1-3-24-10-12-27(13-11-24)21-22-9-8-20(23-21)26-16-14-25(15-17-26)18-6-4-5-7-19(18)28-2/h4-9H,3,10-17H2,1-2H3. The molecule has 2 saturated heterocycles. The van der Waals surface area contributed by atoms with Gasteiger partial charge in [-0.15, -0.1) is 0 Å². The maximum atomic E-state index is 5.52. The molecule has 0 spiro atoms.